The molecule has 30 heavy (non-hydrogen) atoms. The Kier molecular flexibility index (Phi) is 6.56. The molecule has 3 rings (SSSR count). The third kappa shape index (κ3) is 4.23. The maximum Gasteiger partial charge on any atom is 0.334 e. The zero-order valence-electron chi connectivity index (χ0n) is 16.6. The third-order valence-electron chi connectivity index (χ3n) is 4.87. The molecule has 10 heteroatoms. The molecular weight excluding hydrogens is 410 g/mol. The predicted octanol–water partition coefficient (Wildman–Crippen LogP) is 1.52. The van der Waals surface area contributed by atoms with Crippen LogP contribution in [-0.2, 0) is 23.9 Å². The molecular formula is C20H21N3O6S. The minimum absolute atomic E-state index is 0.0125. The highest BCUT2D eigenvalue weighted by Crippen LogP contribution is 2.30. The molecule has 2 saturated heterocycles. The number of benzene rings is 1. The molecule has 158 valence electrons. The average Bonchev–Trinajstić information content (AvgIpc) is 3.19. The number of nitrogens with zero attached hydrogens (tertiary/aromatic N) is 3. The first-order valence-corrected chi connectivity index (χ1v) is 10.3. The number of thioether (sulfide) groups is 1. The van der Waals surface area contributed by atoms with E-state index in [1.54, 1.807) is 31.2 Å². The van der Waals surface area contributed by atoms with Crippen LogP contribution in [0.15, 0.2) is 41.4 Å². The van der Waals surface area contributed by atoms with E-state index in [9.17, 15) is 24.0 Å². The van der Waals surface area contributed by atoms with Crippen LogP contribution in [0.5, 0.6) is 0 Å². The van der Waals surface area contributed by atoms with E-state index < -0.39 is 29.9 Å². The van der Waals surface area contributed by atoms with Gasteiger partial charge in [0, 0.05) is 13.1 Å². The van der Waals surface area contributed by atoms with Gasteiger partial charge < -0.3 is 9.64 Å². The van der Waals surface area contributed by atoms with Crippen molar-refractivity contribution in [2.45, 2.75) is 19.4 Å². The highest BCUT2D eigenvalue weighted by molar-refractivity contribution is 8.04. The van der Waals surface area contributed by atoms with Crippen molar-refractivity contribution in [2.75, 3.05) is 26.0 Å². The van der Waals surface area contributed by atoms with Gasteiger partial charge in [0.15, 0.2) is 0 Å². The van der Waals surface area contributed by atoms with Gasteiger partial charge in [-0.1, -0.05) is 42.1 Å². The van der Waals surface area contributed by atoms with Crippen LogP contribution < -0.4 is 0 Å². The SMILES string of the molecule is COC(=O)/C=C1/SCC(=O)N1CCCN1C(=O)C(=O)N(C(C)c2ccccc2)C1=O. The molecule has 0 bridgehead atoms. The zero-order chi connectivity index (χ0) is 21.8. The first-order chi connectivity index (χ1) is 14.3. The highest BCUT2D eigenvalue weighted by atomic mass is 32.2. The second-order valence-electron chi connectivity index (χ2n) is 6.69. The van der Waals surface area contributed by atoms with Gasteiger partial charge in [-0.05, 0) is 18.9 Å². The number of ether oxygens (including phenoxy) is 1. The summed E-state index contributed by atoms with van der Waals surface area (Å²) >= 11 is 1.22. The Morgan fingerprint density at radius 2 is 1.77 bits per heavy atom. The lowest BCUT2D eigenvalue weighted by Gasteiger charge is -2.23. The molecule has 0 aliphatic carbocycles. The van der Waals surface area contributed by atoms with Crippen molar-refractivity contribution in [3.63, 3.8) is 0 Å². The number of imide groups is 2. The topological polar surface area (TPSA) is 104 Å². The Morgan fingerprint density at radius 3 is 2.43 bits per heavy atom. The van der Waals surface area contributed by atoms with Gasteiger partial charge in [-0.3, -0.25) is 19.3 Å². The number of amides is 5. The average molecular weight is 431 g/mol. The Morgan fingerprint density at radius 1 is 1.10 bits per heavy atom. The molecule has 1 atom stereocenters. The standard InChI is InChI=1S/C20H21N3O6S/c1-13(14-7-4-3-5-8-14)23-19(27)18(26)22(20(23)28)10-6-9-21-15(24)12-30-16(21)11-17(25)29-2/h3-5,7-8,11,13H,6,9-10,12H2,1-2H3/b16-11+. The molecule has 2 heterocycles. The molecule has 0 radical (unpaired) electrons. The van der Waals surface area contributed by atoms with Crippen molar-refractivity contribution in [2.24, 2.45) is 0 Å². The number of hydrogen-bond acceptors (Lipinski definition) is 7. The molecule has 0 aromatic heterocycles. The molecule has 5 amide bonds. The Hall–Kier alpha value is -3.14. The number of carbonyl (C=O) groups excluding carboxylic acids is 5. The van der Waals surface area contributed by atoms with E-state index in [1.165, 1.54) is 29.8 Å². The van der Waals surface area contributed by atoms with E-state index >= 15 is 0 Å². The molecule has 1 aromatic rings. The van der Waals surface area contributed by atoms with E-state index in [4.69, 9.17) is 0 Å². The van der Waals surface area contributed by atoms with Crippen LogP contribution >= 0.6 is 11.8 Å². The first-order valence-electron chi connectivity index (χ1n) is 9.32. The fraction of sp³-hybridized carbons (Fsp3) is 0.350. The van der Waals surface area contributed by atoms with Gasteiger partial charge in [-0.15, -0.1) is 0 Å². The van der Waals surface area contributed by atoms with E-state index in [-0.39, 0.29) is 31.2 Å². The number of hydrogen-bond donors (Lipinski definition) is 0. The van der Waals surface area contributed by atoms with Crippen LogP contribution in [0.1, 0.15) is 24.9 Å². The smallest absolute Gasteiger partial charge is 0.334 e. The largest absolute Gasteiger partial charge is 0.466 e. The van der Waals surface area contributed by atoms with Crippen molar-refractivity contribution in [3.8, 4) is 0 Å². The van der Waals surface area contributed by atoms with Gasteiger partial charge in [0.25, 0.3) is 0 Å². The number of methoxy groups -OCH3 is 1. The maximum atomic E-state index is 12.7. The van der Waals surface area contributed by atoms with Gasteiger partial charge >= 0.3 is 23.8 Å². The van der Waals surface area contributed by atoms with Crippen molar-refractivity contribution in [1.29, 1.82) is 0 Å². The van der Waals surface area contributed by atoms with Crippen molar-refractivity contribution < 1.29 is 28.7 Å². The molecule has 2 fully saturated rings. The number of carbonyl (C=O) groups is 5. The van der Waals surface area contributed by atoms with Gasteiger partial charge in [0.1, 0.15) is 0 Å². The van der Waals surface area contributed by atoms with Gasteiger partial charge in [-0.2, -0.15) is 0 Å². The van der Waals surface area contributed by atoms with E-state index in [0.717, 1.165) is 15.4 Å². The van der Waals surface area contributed by atoms with Gasteiger partial charge in [0.05, 0.1) is 30.0 Å². The highest BCUT2D eigenvalue weighted by Gasteiger charge is 2.46. The molecule has 0 spiro atoms. The second kappa shape index (κ2) is 9.12. The summed E-state index contributed by atoms with van der Waals surface area (Å²) in [5, 5.41) is 0.460. The van der Waals surface area contributed by atoms with Crippen LogP contribution in [0.4, 0.5) is 4.79 Å². The Bertz CT molecular complexity index is 916. The lowest BCUT2D eigenvalue weighted by atomic mass is 10.1. The van der Waals surface area contributed by atoms with Crippen molar-refractivity contribution in [1.82, 2.24) is 14.7 Å². The minimum Gasteiger partial charge on any atom is -0.466 e. The molecule has 2 aliphatic heterocycles. The summed E-state index contributed by atoms with van der Waals surface area (Å²) in [7, 11) is 1.25. The maximum absolute atomic E-state index is 12.7. The van der Waals surface area contributed by atoms with Crippen LogP contribution in [0.2, 0.25) is 0 Å². The lowest BCUT2D eigenvalue weighted by Crippen LogP contribution is -2.36. The fourth-order valence-corrected chi connectivity index (χ4v) is 4.21. The fourth-order valence-electron chi connectivity index (χ4n) is 3.26. The molecule has 0 saturated carbocycles. The van der Waals surface area contributed by atoms with Gasteiger partial charge in [-0.25, -0.2) is 14.5 Å². The van der Waals surface area contributed by atoms with E-state index in [2.05, 4.69) is 4.74 Å². The number of rotatable bonds is 7. The van der Waals surface area contributed by atoms with Crippen molar-refractivity contribution >= 4 is 41.5 Å². The predicted molar refractivity (Wildman–Crippen MR) is 108 cm³/mol. The molecule has 0 N–H and O–H groups in total. The summed E-state index contributed by atoms with van der Waals surface area (Å²) in [6.45, 7) is 1.88. The summed E-state index contributed by atoms with van der Waals surface area (Å²) in [5.74, 6) is -2.29. The summed E-state index contributed by atoms with van der Waals surface area (Å²) in [5.41, 5.74) is 0.742. The minimum atomic E-state index is -0.879. The lowest BCUT2D eigenvalue weighted by molar-refractivity contribution is -0.144. The zero-order valence-corrected chi connectivity index (χ0v) is 17.4. The third-order valence-corrected chi connectivity index (χ3v) is 5.90. The van der Waals surface area contributed by atoms with Gasteiger partial charge in [0.2, 0.25) is 5.91 Å². The molecule has 9 nitrogen and oxygen atoms in total. The molecule has 1 unspecified atom stereocenters. The van der Waals surface area contributed by atoms with Crippen LogP contribution in [0.25, 0.3) is 0 Å². The van der Waals surface area contributed by atoms with Crippen molar-refractivity contribution in [3.05, 3.63) is 47.0 Å². The Labute approximate surface area is 177 Å². The first kappa shape index (κ1) is 21.6. The van der Waals surface area contributed by atoms with E-state index in [0.29, 0.717) is 5.03 Å². The van der Waals surface area contributed by atoms with Crippen LogP contribution in [0, 0.1) is 0 Å². The quantitative estimate of drug-likeness (QED) is 0.279. The second-order valence-corrected chi connectivity index (χ2v) is 7.69. The molecule has 1 aromatic carbocycles. The van der Waals surface area contributed by atoms with Crippen LogP contribution in [-0.4, -0.2) is 70.4 Å². The summed E-state index contributed by atoms with van der Waals surface area (Å²) in [6, 6.07) is 7.72. The Balaban J connectivity index is 1.64. The van der Waals surface area contributed by atoms with Crippen LogP contribution in [0.3, 0.4) is 0 Å². The summed E-state index contributed by atoms with van der Waals surface area (Å²) in [4.78, 5) is 64.3. The van der Waals surface area contributed by atoms with E-state index in [1.807, 2.05) is 6.07 Å². The number of urea groups is 1. The molecule has 2 aliphatic rings. The number of esters is 1. The summed E-state index contributed by atoms with van der Waals surface area (Å²) < 4.78 is 4.58. The summed E-state index contributed by atoms with van der Waals surface area (Å²) in [6.07, 6.45) is 1.50. The monoisotopic (exact) mass is 431 g/mol. The normalized spacial score (nSPS) is 19.3.